The standard InChI is InChI=1S/C17H30F3N/c1-3-12-8-10-13(11-9-12)16(21-2)14-6-4-5-7-15(14)17(18,19)20/h12-16,21H,3-11H2,1-2H3. The average Bonchev–Trinajstić information content (AvgIpc) is 2.48. The summed E-state index contributed by atoms with van der Waals surface area (Å²) < 4.78 is 40.0. The van der Waals surface area contributed by atoms with Gasteiger partial charge in [-0.15, -0.1) is 0 Å². The highest BCUT2D eigenvalue weighted by atomic mass is 19.4. The van der Waals surface area contributed by atoms with Crippen LogP contribution in [0.4, 0.5) is 13.2 Å². The van der Waals surface area contributed by atoms with Crippen LogP contribution in [0.15, 0.2) is 0 Å². The average molecular weight is 305 g/mol. The second-order valence-electron chi connectivity index (χ2n) is 7.10. The smallest absolute Gasteiger partial charge is 0.316 e. The van der Waals surface area contributed by atoms with Gasteiger partial charge in [0.1, 0.15) is 0 Å². The number of hydrogen-bond donors (Lipinski definition) is 1. The van der Waals surface area contributed by atoms with E-state index in [-0.39, 0.29) is 12.0 Å². The van der Waals surface area contributed by atoms with Gasteiger partial charge in [0.2, 0.25) is 0 Å². The first-order valence-corrected chi connectivity index (χ1v) is 8.71. The van der Waals surface area contributed by atoms with E-state index in [9.17, 15) is 13.2 Å². The van der Waals surface area contributed by atoms with E-state index in [2.05, 4.69) is 12.2 Å². The van der Waals surface area contributed by atoms with Gasteiger partial charge in [0.05, 0.1) is 5.92 Å². The quantitative estimate of drug-likeness (QED) is 0.756. The van der Waals surface area contributed by atoms with Gasteiger partial charge in [0.15, 0.2) is 0 Å². The van der Waals surface area contributed by atoms with Crippen LogP contribution in [0.3, 0.4) is 0 Å². The SMILES string of the molecule is CCC1CCC(C(NC)C2CCCCC2C(F)(F)F)CC1. The summed E-state index contributed by atoms with van der Waals surface area (Å²) in [6.07, 6.45) is 4.55. The van der Waals surface area contributed by atoms with E-state index in [0.29, 0.717) is 12.3 Å². The van der Waals surface area contributed by atoms with Crippen LogP contribution in [0, 0.1) is 23.7 Å². The van der Waals surface area contributed by atoms with Crippen LogP contribution in [0.2, 0.25) is 0 Å². The lowest BCUT2D eigenvalue weighted by Gasteiger charge is -2.43. The molecule has 2 aliphatic rings. The van der Waals surface area contributed by atoms with E-state index in [1.807, 2.05) is 7.05 Å². The molecule has 3 atom stereocenters. The molecule has 21 heavy (non-hydrogen) atoms. The Morgan fingerprint density at radius 3 is 2.14 bits per heavy atom. The number of alkyl halides is 3. The topological polar surface area (TPSA) is 12.0 Å². The molecule has 2 fully saturated rings. The first-order valence-electron chi connectivity index (χ1n) is 8.71. The molecule has 124 valence electrons. The molecule has 0 radical (unpaired) electrons. The Bertz CT molecular complexity index is 308. The maximum Gasteiger partial charge on any atom is 0.392 e. The Balaban J connectivity index is 2.04. The van der Waals surface area contributed by atoms with Gasteiger partial charge in [-0.05, 0) is 50.5 Å². The molecule has 0 saturated heterocycles. The van der Waals surface area contributed by atoms with Crippen LogP contribution in [0.1, 0.15) is 64.7 Å². The van der Waals surface area contributed by atoms with Crippen molar-refractivity contribution in [2.24, 2.45) is 23.7 Å². The molecule has 0 aromatic carbocycles. The molecule has 1 N–H and O–H groups in total. The molecule has 0 bridgehead atoms. The zero-order valence-electron chi connectivity index (χ0n) is 13.4. The van der Waals surface area contributed by atoms with E-state index >= 15 is 0 Å². The number of nitrogens with one attached hydrogen (secondary N) is 1. The van der Waals surface area contributed by atoms with Gasteiger partial charge < -0.3 is 5.32 Å². The van der Waals surface area contributed by atoms with Gasteiger partial charge in [-0.25, -0.2) is 0 Å². The van der Waals surface area contributed by atoms with Crippen molar-refractivity contribution in [2.45, 2.75) is 76.9 Å². The van der Waals surface area contributed by atoms with Crippen molar-refractivity contribution in [1.29, 1.82) is 0 Å². The maximum absolute atomic E-state index is 13.3. The lowest BCUT2D eigenvalue weighted by molar-refractivity contribution is -0.201. The first kappa shape index (κ1) is 17.1. The molecular weight excluding hydrogens is 275 g/mol. The van der Waals surface area contributed by atoms with E-state index in [0.717, 1.165) is 38.0 Å². The van der Waals surface area contributed by atoms with Crippen LogP contribution >= 0.6 is 0 Å². The summed E-state index contributed by atoms with van der Waals surface area (Å²) in [5, 5.41) is 3.28. The van der Waals surface area contributed by atoms with Gasteiger partial charge in [-0.1, -0.05) is 39.0 Å². The zero-order chi connectivity index (χ0) is 15.5. The van der Waals surface area contributed by atoms with Crippen LogP contribution in [-0.2, 0) is 0 Å². The van der Waals surface area contributed by atoms with E-state index < -0.39 is 12.1 Å². The highest BCUT2D eigenvalue weighted by molar-refractivity contribution is 4.92. The van der Waals surface area contributed by atoms with Gasteiger partial charge in [0.25, 0.3) is 0 Å². The first-order chi connectivity index (χ1) is 9.97. The number of rotatable bonds is 4. The molecule has 3 unspecified atom stereocenters. The minimum absolute atomic E-state index is 0.0507. The van der Waals surface area contributed by atoms with Crippen molar-refractivity contribution in [2.75, 3.05) is 7.05 Å². The number of hydrogen-bond acceptors (Lipinski definition) is 1. The molecule has 0 aromatic rings. The molecule has 4 heteroatoms. The molecule has 2 aliphatic carbocycles. The van der Waals surface area contributed by atoms with Crippen LogP contribution < -0.4 is 5.32 Å². The normalized spacial score (nSPS) is 36.4. The Morgan fingerprint density at radius 2 is 1.62 bits per heavy atom. The van der Waals surface area contributed by atoms with Crippen LogP contribution in [0.25, 0.3) is 0 Å². The van der Waals surface area contributed by atoms with E-state index in [4.69, 9.17) is 0 Å². The summed E-state index contributed by atoms with van der Waals surface area (Å²) >= 11 is 0. The Hall–Kier alpha value is -0.250. The molecule has 0 heterocycles. The minimum atomic E-state index is -4.03. The summed E-state index contributed by atoms with van der Waals surface area (Å²) in [4.78, 5) is 0. The Labute approximate surface area is 127 Å². The third kappa shape index (κ3) is 4.14. The van der Waals surface area contributed by atoms with Gasteiger partial charge in [-0.2, -0.15) is 13.2 Å². The summed E-state index contributed by atoms with van der Waals surface area (Å²) in [6.45, 7) is 2.22. The summed E-state index contributed by atoms with van der Waals surface area (Å²) in [7, 11) is 1.86. The molecule has 2 saturated carbocycles. The lowest BCUT2D eigenvalue weighted by atomic mass is 9.67. The van der Waals surface area contributed by atoms with Crippen molar-refractivity contribution < 1.29 is 13.2 Å². The molecule has 0 spiro atoms. The van der Waals surface area contributed by atoms with Crippen LogP contribution in [0.5, 0.6) is 0 Å². The Kier molecular flexibility index (Phi) is 5.98. The number of halogens is 3. The molecule has 0 aliphatic heterocycles. The fraction of sp³-hybridized carbons (Fsp3) is 1.00. The Morgan fingerprint density at radius 1 is 1.00 bits per heavy atom. The summed E-state index contributed by atoms with van der Waals surface area (Å²) in [5.41, 5.74) is 0. The van der Waals surface area contributed by atoms with Gasteiger partial charge in [0, 0.05) is 6.04 Å². The fourth-order valence-corrected chi connectivity index (χ4v) is 4.75. The monoisotopic (exact) mass is 305 g/mol. The molecule has 1 nitrogen and oxygen atoms in total. The highest BCUT2D eigenvalue weighted by Gasteiger charge is 2.49. The molecule has 2 rings (SSSR count). The van der Waals surface area contributed by atoms with E-state index in [1.54, 1.807) is 0 Å². The summed E-state index contributed by atoms with van der Waals surface area (Å²) in [5.74, 6) is -0.0752. The second kappa shape index (κ2) is 7.34. The van der Waals surface area contributed by atoms with Crippen LogP contribution in [-0.4, -0.2) is 19.3 Å². The van der Waals surface area contributed by atoms with Crippen molar-refractivity contribution in [1.82, 2.24) is 5.32 Å². The lowest BCUT2D eigenvalue weighted by Crippen LogP contribution is -2.49. The largest absolute Gasteiger partial charge is 0.392 e. The third-order valence-electron chi connectivity index (χ3n) is 6.01. The summed E-state index contributed by atoms with van der Waals surface area (Å²) in [6, 6.07) is 0.0507. The maximum atomic E-state index is 13.3. The van der Waals surface area contributed by atoms with Crippen molar-refractivity contribution in [3.05, 3.63) is 0 Å². The predicted octanol–water partition coefficient (Wildman–Crippen LogP) is 5.16. The predicted molar refractivity (Wildman–Crippen MR) is 80.1 cm³/mol. The molecule has 0 amide bonds. The fourth-order valence-electron chi connectivity index (χ4n) is 4.75. The molecular formula is C17H30F3N. The third-order valence-corrected chi connectivity index (χ3v) is 6.01. The molecule has 0 aromatic heterocycles. The van der Waals surface area contributed by atoms with Crippen molar-refractivity contribution >= 4 is 0 Å². The van der Waals surface area contributed by atoms with Gasteiger partial charge >= 0.3 is 6.18 Å². The highest BCUT2D eigenvalue weighted by Crippen LogP contribution is 2.46. The van der Waals surface area contributed by atoms with Crippen molar-refractivity contribution in [3.8, 4) is 0 Å². The minimum Gasteiger partial charge on any atom is -0.316 e. The van der Waals surface area contributed by atoms with E-state index in [1.165, 1.54) is 19.3 Å². The van der Waals surface area contributed by atoms with Crippen molar-refractivity contribution in [3.63, 3.8) is 0 Å². The van der Waals surface area contributed by atoms with Gasteiger partial charge in [-0.3, -0.25) is 0 Å². The second-order valence-corrected chi connectivity index (χ2v) is 7.10. The zero-order valence-corrected chi connectivity index (χ0v) is 13.4.